The fraction of sp³-hybridized carbons (Fsp3) is 0.941. The quantitative estimate of drug-likeness (QED) is 0.773. The zero-order valence-electron chi connectivity index (χ0n) is 12.3. The molecule has 112 valence electrons. The Hall–Kier alpha value is -0.0500. The maximum absolute atomic E-state index is 13.1. The lowest BCUT2D eigenvalue weighted by molar-refractivity contribution is -0.148. The summed E-state index contributed by atoms with van der Waals surface area (Å²) in [5, 5.41) is 4.44. The summed E-state index contributed by atoms with van der Waals surface area (Å²) in [5.74, 6) is 2.99. The first-order valence-corrected chi connectivity index (χ1v) is 9.64. The van der Waals surface area contributed by atoms with Crippen LogP contribution in [0.5, 0.6) is 0 Å². The number of halogens is 1. The van der Waals surface area contributed by atoms with Crippen LogP contribution in [0.25, 0.3) is 0 Å². The zero-order valence-corrected chi connectivity index (χ0v) is 13.9. The minimum absolute atomic E-state index is 0.0203. The van der Waals surface area contributed by atoms with Crippen LogP contribution in [-0.2, 0) is 4.79 Å². The van der Waals surface area contributed by atoms with Gasteiger partial charge in [0.1, 0.15) is 0 Å². The van der Waals surface area contributed by atoms with E-state index in [0.717, 1.165) is 35.9 Å². The lowest BCUT2D eigenvalue weighted by Crippen LogP contribution is -2.58. The monoisotopic (exact) mass is 339 g/mol. The smallest absolute Gasteiger partial charge is 0.226 e. The molecule has 5 saturated carbocycles. The van der Waals surface area contributed by atoms with Gasteiger partial charge in [-0.05, 0) is 69.1 Å². The number of hydrogen-bond donors (Lipinski definition) is 1. The van der Waals surface area contributed by atoms with Crippen LogP contribution in [-0.4, -0.2) is 16.8 Å². The number of amides is 1. The van der Waals surface area contributed by atoms with Crippen LogP contribution >= 0.6 is 15.9 Å². The number of hydrogen-bond acceptors (Lipinski definition) is 1. The molecule has 0 aliphatic heterocycles. The largest absolute Gasteiger partial charge is 0.349 e. The molecular formula is C17H26BrNO. The highest BCUT2D eigenvalue weighted by molar-refractivity contribution is 9.09. The highest BCUT2D eigenvalue weighted by Crippen LogP contribution is 2.60. The molecule has 5 rings (SSSR count). The highest BCUT2D eigenvalue weighted by Gasteiger charge is 2.55. The summed E-state index contributed by atoms with van der Waals surface area (Å²) in [6.07, 6.45) is 12.7. The van der Waals surface area contributed by atoms with Crippen molar-refractivity contribution in [3.8, 4) is 0 Å². The molecule has 5 aliphatic rings. The van der Waals surface area contributed by atoms with Gasteiger partial charge in [0, 0.05) is 16.3 Å². The predicted molar refractivity (Wildman–Crippen MR) is 83.7 cm³/mol. The lowest BCUT2D eigenvalue weighted by Gasteiger charge is -2.56. The molecule has 5 aliphatic carbocycles. The van der Waals surface area contributed by atoms with Crippen molar-refractivity contribution in [2.45, 2.75) is 69.7 Å². The lowest BCUT2D eigenvalue weighted by atomic mass is 9.49. The van der Waals surface area contributed by atoms with Crippen LogP contribution in [0.3, 0.4) is 0 Å². The van der Waals surface area contributed by atoms with Crippen molar-refractivity contribution in [3.05, 3.63) is 0 Å². The molecule has 1 amide bonds. The minimum Gasteiger partial charge on any atom is -0.349 e. The number of carbonyl (C=O) groups excluding carboxylic acids is 1. The third-order valence-electron chi connectivity index (χ3n) is 6.72. The van der Waals surface area contributed by atoms with Crippen molar-refractivity contribution >= 4 is 21.8 Å². The second kappa shape index (κ2) is 4.72. The topological polar surface area (TPSA) is 29.1 Å². The molecule has 0 aromatic carbocycles. The Labute approximate surface area is 130 Å². The average Bonchev–Trinajstić information content (AvgIpc) is 2.86. The van der Waals surface area contributed by atoms with Gasteiger partial charge in [0.15, 0.2) is 0 Å². The summed E-state index contributed by atoms with van der Waals surface area (Å²) in [5.41, 5.74) is 0.0902. The SMILES string of the molecule is O=C(NC1(CBr)CCCC1)C12CC3CC(CC(C3)C1)C2. The number of rotatable bonds is 3. The van der Waals surface area contributed by atoms with Gasteiger partial charge in [0.25, 0.3) is 0 Å². The third-order valence-corrected chi connectivity index (χ3v) is 7.79. The summed E-state index contributed by atoms with van der Waals surface area (Å²) in [6, 6.07) is 0. The molecule has 2 nitrogen and oxygen atoms in total. The van der Waals surface area contributed by atoms with E-state index in [1.165, 1.54) is 51.4 Å². The van der Waals surface area contributed by atoms with Gasteiger partial charge in [-0.3, -0.25) is 4.79 Å². The van der Waals surface area contributed by atoms with Crippen LogP contribution in [0.2, 0.25) is 0 Å². The van der Waals surface area contributed by atoms with E-state index < -0.39 is 0 Å². The van der Waals surface area contributed by atoms with Gasteiger partial charge < -0.3 is 5.32 Å². The summed E-state index contributed by atoms with van der Waals surface area (Å²) in [6.45, 7) is 0. The van der Waals surface area contributed by atoms with E-state index in [-0.39, 0.29) is 11.0 Å². The molecule has 0 unspecified atom stereocenters. The Morgan fingerprint density at radius 2 is 1.50 bits per heavy atom. The summed E-state index contributed by atoms with van der Waals surface area (Å²) in [4.78, 5) is 13.1. The molecule has 4 bridgehead atoms. The van der Waals surface area contributed by atoms with Crippen molar-refractivity contribution < 1.29 is 4.79 Å². The third kappa shape index (κ3) is 2.07. The van der Waals surface area contributed by atoms with Gasteiger partial charge >= 0.3 is 0 Å². The van der Waals surface area contributed by atoms with Gasteiger partial charge in [-0.2, -0.15) is 0 Å². The van der Waals surface area contributed by atoms with E-state index in [1.54, 1.807) is 0 Å². The van der Waals surface area contributed by atoms with Gasteiger partial charge in [0.05, 0.1) is 0 Å². The van der Waals surface area contributed by atoms with Crippen LogP contribution in [0.1, 0.15) is 64.2 Å². The standard InChI is InChI=1S/C17H26BrNO/c18-11-17(3-1-2-4-17)19-15(20)16-8-12-5-13(9-16)7-14(6-12)10-16/h12-14H,1-11H2,(H,19,20). The van der Waals surface area contributed by atoms with Crippen molar-refractivity contribution in [1.82, 2.24) is 5.32 Å². The maximum Gasteiger partial charge on any atom is 0.226 e. The Balaban J connectivity index is 1.53. The maximum atomic E-state index is 13.1. The Morgan fingerprint density at radius 1 is 1.00 bits per heavy atom. The van der Waals surface area contributed by atoms with Crippen LogP contribution in [0.4, 0.5) is 0 Å². The summed E-state index contributed by atoms with van der Waals surface area (Å²) < 4.78 is 0. The van der Waals surface area contributed by atoms with Gasteiger partial charge in [0.2, 0.25) is 5.91 Å². The zero-order chi connectivity index (χ0) is 13.8. The molecule has 20 heavy (non-hydrogen) atoms. The molecular weight excluding hydrogens is 314 g/mol. The summed E-state index contributed by atoms with van der Waals surface area (Å²) >= 11 is 3.66. The Bertz CT molecular complexity index is 378. The van der Waals surface area contributed by atoms with Crippen molar-refractivity contribution in [1.29, 1.82) is 0 Å². The summed E-state index contributed by atoms with van der Waals surface area (Å²) in [7, 11) is 0. The first-order chi connectivity index (χ1) is 9.63. The molecule has 0 spiro atoms. The average molecular weight is 340 g/mol. The Kier molecular flexibility index (Phi) is 3.21. The van der Waals surface area contributed by atoms with Crippen LogP contribution in [0.15, 0.2) is 0 Å². The van der Waals surface area contributed by atoms with Gasteiger partial charge in [-0.1, -0.05) is 28.8 Å². The van der Waals surface area contributed by atoms with E-state index in [2.05, 4.69) is 21.2 Å². The van der Waals surface area contributed by atoms with Gasteiger partial charge in [-0.15, -0.1) is 0 Å². The number of carbonyl (C=O) groups is 1. The first-order valence-electron chi connectivity index (χ1n) is 8.52. The Morgan fingerprint density at radius 3 is 1.95 bits per heavy atom. The van der Waals surface area contributed by atoms with Gasteiger partial charge in [-0.25, -0.2) is 0 Å². The molecule has 0 radical (unpaired) electrons. The van der Waals surface area contributed by atoms with Crippen molar-refractivity contribution in [2.24, 2.45) is 23.2 Å². The molecule has 3 heteroatoms. The van der Waals surface area contributed by atoms with E-state index in [9.17, 15) is 4.79 Å². The van der Waals surface area contributed by atoms with Crippen LogP contribution in [0, 0.1) is 23.2 Å². The molecule has 0 heterocycles. The normalized spacial score (nSPS) is 44.8. The van der Waals surface area contributed by atoms with E-state index >= 15 is 0 Å². The van der Waals surface area contributed by atoms with E-state index in [0.29, 0.717) is 5.91 Å². The molecule has 0 atom stereocenters. The second-order valence-electron chi connectivity index (χ2n) is 8.27. The molecule has 0 aromatic heterocycles. The number of alkyl halides is 1. The van der Waals surface area contributed by atoms with Crippen LogP contribution < -0.4 is 5.32 Å². The van der Waals surface area contributed by atoms with Crippen molar-refractivity contribution in [3.63, 3.8) is 0 Å². The molecule has 0 aromatic rings. The molecule has 0 saturated heterocycles. The second-order valence-corrected chi connectivity index (χ2v) is 8.83. The number of nitrogens with one attached hydrogen (secondary N) is 1. The van der Waals surface area contributed by atoms with Crippen molar-refractivity contribution in [2.75, 3.05) is 5.33 Å². The molecule has 5 fully saturated rings. The highest BCUT2D eigenvalue weighted by atomic mass is 79.9. The van der Waals surface area contributed by atoms with E-state index in [4.69, 9.17) is 0 Å². The fourth-order valence-electron chi connectivity index (χ4n) is 6.11. The van der Waals surface area contributed by atoms with E-state index in [1.807, 2.05) is 0 Å². The first kappa shape index (κ1) is 13.6. The fourth-order valence-corrected chi connectivity index (χ4v) is 6.81. The molecule has 1 N–H and O–H groups in total. The predicted octanol–water partition coefficient (Wildman–Crippen LogP) is 4.03. The minimum atomic E-state index is 0.0203.